The van der Waals surface area contributed by atoms with Crippen LogP contribution in [0.3, 0.4) is 0 Å². The molecule has 1 aliphatic heterocycles. The Balaban J connectivity index is 1.17. The van der Waals surface area contributed by atoms with Gasteiger partial charge in [0, 0.05) is 17.7 Å². The molecule has 1 amide bonds. The van der Waals surface area contributed by atoms with Crippen molar-refractivity contribution in [3.05, 3.63) is 101 Å². The van der Waals surface area contributed by atoms with Crippen LogP contribution in [0.25, 0.3) is 11.5 Å². The quantitative estimate of drug-likeness (QED) is 0.254. The minimum absolute atomic E-state index is 0.0247. The smallest absolute Gasteiger partial charge is 0.327 e. The van der Waals surface area contributed by atoms with Crippen LogP contribution in [-0.4, -0.2) is 34.6 Å². The predicted octanol–water partition coefficient (Wildman–Crippen LogP) is 6.23. The van der Waals surface area contributed by atoms with Gasteiger partial charge in [-0.15, -0.1) is 0 Å². The molecule has 1 aromatic heterocycles. The predicted molar refractivity (Wildman–Crippen MR) is 154 cm³/mol. The first-order chi connectivity index (χ1) is 19.1. The van der Waals surface area contributed by atoms with Crippen LogP contribution in [0.5, 0.6) is 5.75 Å². The minimum Gasteiger partial charge on any atom is -0.493 e. The summed E-state index contributed by atoms with van der Waals surface area (Å²) >= 11 is 0. The summed E-state index contributed by atoms with van der Waals surface area (Å²) in [4.78, 5) is 31.2. The maximum atomic E-state index is 13.1. The highest BCUT2D eigenvalue weighted by Crippen LogP contribution is 2.36. The molecule has 206 valence electrons. The van der Waals surface area contributed by atoms with Crippen LogP contribution in [-0.2, 0) is 27.8 Å². The molecule has 1 fully saturated rings. The number of oxazole rings is 1. The van der Waals surface area contributed by atoms with E-state index >= 15 is 0 Å². The van der Waals surface area contributed by atoms with Gasteiger partial charge in [0.25, 0.3) is 0 Å². The number of rotatable bonds is 9. The number of carboxylic acids is 1. The molecule has 3 aromatic carbocycles. The van der Waals surface area contributed by atoms with Gasteiger partial charge in [0.15, 0.2) is 0 Å². The number of aromatic nitrogens is 1. The molecule has 40 heavy (non-hydrogen) atoms. The molecule has 2 atom stereocenters. The third-order valence-corrected chi connectivity index (χ3v) is 7.38. The van der Waals surface area contributed by atoms with Gasteiger partial charge in [-0.2, -0.15) is 0 Å². The summed E-state index contributed by atoms with van der Waals surface area (Å²) < 4.78 is 11.7. The number of carbonyl (C=O) groups is 2. The molecule has 7 heteroatoms. The van der Waals surface area contributed by atoms with E-state index in [1.807, 2.05) is 85.8 Å². The first kappa shape index (κ1) is 27.2. The van der Waals surface area contributed by atoms with Crippen LogP contribution in [0.4, 0.5) is 5.69 Å². The highest BCUT2D eigenvalue weighted by Gasteiger charge is 2.52. The van der Waals surface area contributed by atoms with Crippen molar-refractivity contribution in [3.63, 3.8) is 0 Å². The van der Waals surface area contributed by atoms with Crippen molar-refractivity contribution in [2.75, 3.05) is 11.5 Å². The summed E-state index contributed by atoms with van der Waals surface area (Å²) in [7, 11) is 0. The molecule has 1 N–H and O–H groups in total. The van der Waals surface area contributed by atoms with Gasteiger partial charge in [0.1, 0.15) is 17.6 Å². The molecule has 1 aliphatic rings. The minimum atomic E-state index is -0.997. The Kier molecular flexibility index (Phi) is 7.48. The SMILES string of the molecule is Cc1oc(-c2ccccc2)nc1CCOc1ccc(C[C@H]2C(=O)N(c3ccc(C(C)(C)C)cc3)[C@H]2C(=O)O)cc1. The van der Waals surface area contributed by atoms with Gasteiger partial charge >= 0.3 is 5.97 Å². The molecule has 2 heterocycles. The van der Waals surface area contributed by atoms with E-state index in [1.54, 1.807) is 0 Å². The number of hydrogen-bond donors (Lipinski definition) is 1. The van der Waals surface area contributed by atoms with Gasteiger partial charge in [0.05, 0.1) is 18.2 Å². The van der Waals surface area contributed by atoms with E-state index < -0.39 is 17.9 Å². The molecule has 0 saturated carbocycles. The maximum absolute atomic E-state index is 13.1. The fourth-order valence-electron chi connectivity index (χ4n) is 5.05. The first-order valence-electron chi connectivity index (χ1n) is 13.5. The van der Waals surface area contributed by atoms with Crippen molar-refractivity contribution >= 4 is 17.6 Å². The zero-order chi connectivity index (χ0) is 28.4. The lowest BCUT2D eigenvalue weighted by Gasteiger charge is -2.44. The van der Waals surface area contributed by atoms with Crippen LogP contribution in [0, 0.1) is 12.8 Å². The van der Waals surface area contributed by atoms with Crippen LogP contribution < -0.4 is 9.64 Å². The number of aliphatic carboxylic acids is 1. The van der Waals surface area contributed by atoms with Crippen molar-refractivity contribution in [3.8, 4) is 17.2 Å². The molecule has 0 bridgehead atoms. The summed E-state index contributed by atoms with van der Waals surface area (Å²) in [6.07, 6.45) is 0.959. The number of anilines is 1. The van der Waals surface area contributed by atoms with E-state index in [0.29, 0.717) is 36.8 Å². The molecule has 0 unspecified atom stereocenters. The summed E-state index contributed by atoms with van der Waals surface area (Å²) in [5.74, 6) is 0.291. The Morgan fingerprint density at radius 3 is 2.30 bits per heavy atom. The van der Waals surface area contributed by atoms with Crippen molar-refractivity contribution in [1.29, 1.82) is 0 Å². The van der Waals surface area contributed by atoms with E-state index in [-0.39, 0.29) is 11.3 Å². The second-order valence-corrected chi connectivity index (χ2v) is 11.2. The van der Waals surface area contributed by atoms with Crippen LogP contribution in [0.15, 0.2) is 83.3 Å². The van der Waals surface area contributed by atoms with Crippen LogP contribution in [0.1, 0.15) is 43.4 Å². The average molecular weight is 539 g/mol. The van der Waals surface area contributed by atoms with Crippen LogP contribution in [0.2, 0.25) is 0 Å². The highest BCUT2D eigenvalue weighted by atomic mass is 16.5. The number of ether oxygens (including phenoxy) is 1. The average Bonchev–Trinajstić information content (AvgIpc) is 3.31. The second kappa shape index (κ2) is 11.0. The standard InChI is InChI=1S/C33H34N2O5/c1-21-28(34-30(40-21)23-8-6-5-7-9-23)18-19-39-26-16-10-22(11-17-26)20-27-29(32(37)38)35(31(27)36)25-14-12-24(13-15-25)33(2,3)4/h5-17,27,29H,18-20H2,1-4H3,(H,37,38)/t27-,29-/m1/s1. The second-order valence-electron chi connectivity index (χ2n) is 11.2. The third kappa shape index (κ3) is 5.64. The topological polar surface area (TPSA) is 92.9 Å². The summed E-state index contributed by atoms with van der Waals surface area (Å²) in [5, 5.41) is 9.91. The van der Waals surface area contributed by atoms with Crippen molar-refractivity contribution < 1.29 is 23.8 Å². The maximum Gasteiger partial charge on any atom is 0.327 e. The summed E-state index contributed by atoms with van der Waals surface area (Å²) in [6, 6.07) is 23.9. The number of carbonyl (C=O) groups excluding carboxylic acids is 1. The number of carboxylic acid groups (broad SMARTS) is 1. The number of hydrogen-bond acceptors (Lipinski definition) is 5. The van der Waals surface area contributed by atoms with Gasteiger partial charge in [0.2, 0.25) is 11.8 Å². The first-order valence-corrected chi connectivity index (χ1v) is 13.5. The Labute approximate surface area is 234 Å². The highest BCUT2D eigenvalue weighted by molar-refractivity contribution is 6.10. The van der Waals surface area contributed by atoms with Gasteiger partial charge in [-0.25, -0.2) is 9.78 Å². The lowest BCUT2D eigenvalue weighted by Crippen LogP contribution is -2.65. The van der Waals surface area contributed by atoms with E-state index in [1.165, 1.54) is 4.90 Å². The zero-order valence-electron chi connectivity index (χ0n) is 23.3. The van der Waals surface area contributed by atoms with Gasteiger partial charge in [-0.1, -0.05) is 63.2 Å². The number of amides is 1. The molecular formula is C33H34N2O5. The number of aryl methyl sites for hydroxylation is 1. The Hall–Kier alpha value is -4.39. The Bertz CT molecular complexity index is 1480. The zero-order valence-corrected chi connectivity index (χ0v) is 23.3. The van der Waals surface area contributed by atoms with Gasteiger partial charge < -0.3 is 14.3 Å². The van der Waals surface area contributed by atoms with E-state index in [4.69, 9.17) is 9.15 Å². The molecule has 0 radical (unpaired) electrons. The van der Waals surface area contributed by atoms with Gasteiger partial charge in [-0.3, -0.25) is 9.69 Å². The van der Waals surface area contributed by atoms with E-state index in [9.17, 15) is 14.7 Å². The van der Waals surface area contributed by atoms with Crippen LogP contribution >= 0.6 is 0 Å². The van der Waals surface area contributed by atoms with E-state index in [2.05, 4.69) is 25.8 Å². The largest absolute Gasteiger partial charge is 0.493 e. The number of benzene rings is 3. The molecule has 4 aromatic rings. The number of nitrogens with zero attached hydrogens (tertiary/aromatic N) is 2. The van der Waals surface area contributed by atoms with E-state index in [0.717, 1.165) is 28.1 Å². The third-order valence-electron chi connectivity index (χ3n) is 7.38. The fraction of sp³-hybridized carbons (Fsp3) is 0.303. The normalized spacial score (nSPS) is 17.0. The lowest BCUT2D eigenvalue weighted by atomic mass is 9.81. The summed E-state index contributed by atoms with van der Waals surface area (Å²) in [6.45, 7) is 8.68. The number of β-lactam (4-membered cyclic amide) rings is 1. The molecular weight excluding hydrogens is 504 g/mol. The fourth-order valence-corrected chi connectivity index (χ4v) is 5.05. The molecule has 5 rings (SSSR count). The summed E-state index contributed by atoms with van der Waals surface area (Å²) in [5.41, 5.74) is 4.40. The molecule has 0 aliphatic carbocycles. The van der Waals surface area contributed by atoms with Crippen molar-refractivity contribution in [1.82, 2.24) is 4.98 Å². The Morgan fingerprint density at radius 1 is 1.00 bits per heavy atom. The molecule has 1 saturated heterocycles. The van der Waals surface area contributed by atoms with Crippen molar-refractivity contribution in [2.24, 2.45) is 5.92 Å². The monoisotopic (exact) mass is 538 g/mol. The Morgan fingerprint density at radius 2 is 1.68 bits per heavy atom. The molecule has 7 nitrogen and oxygen atoms in total. The lowest BCUT2D eigenvalue weighted by molar-refractivity contribution is -0.149. The molecule has 0 spiro atoms. The van der Waals surface area contributed by atoms with Crippen molar-refractivity contribution in [2.45, 2.75) is 52.0 Å². The van der Waals surface area contributed by atoms with Gasteiger partial charge in [-0.05, 0) is 66.3 Å².